The predicted molar refractivity (Wildman–Crippen MR) is 129 cm³/mol. The van der Waals surface area contributed by atoms with Crippen LogP contribution in [0, 0.1) is 5.92 Å². The minimum atomic E-state index is 0.490. The Bertz CT molecular complexity index is 329. The SMILES string of the molecule is CC(C)CCOCCOCCOCCOCCOCCOCCOCCOCCNC(C)C. The van der Waals surface area contributed by atoms with Gasteiger partial charge in [0.1, 0.15) is 0 Å². The standard InChI is InChI=1S/C24H51NO8/c1-23(2)5-7-26-9-11-28-13-15-30-17-19-32-21-22-33-20-18-31-16-14-29-12-10-27-8-6-25-24(3)4/h23-25H,5-22H2,1-4H3. The molecular formula is C24H51NO8. The van der Waals surface area contributed by atoms with E-state index in [2.05, 4.69) is 33.0 Å². The Hall–Kier alpha value is -0.360. The third kappa shape index (κ3) is 31.6. The van der Waals surface area contributed by atoms with Gasteiger partial charge in [0.15, 0.2) is 0 Å². The third-order valence-electron chi connectivity index (χ3n) is 4.24. The summed E-state index contributed by atoms with van der Waals surface area (Å²) in [5.41, 5.74) is 0. The van der Waals surface area contributed by atoms with Crippen LogP contribution in [0.5, 0.6) is 0 Å². The van der Waals surface area contributed by atoms with Crippen LogP contribution < -0.4 is 5.32 Å². The molecule has 0 atom stereocenters. The summed E-state index contributed by atoms with van der Waals surface area (Å²) in [4.78, 5) is 0. The van der Waals surface area contributed by atoms with Crippen molar-refractivity contribution in [3.63, 3.8) is 0 Å². The molecule has 200 valence electrons. The van der Waals surface area contributed by atoms with Crippen LogP contribution in [-0.4, -0.2) is 118 Å². The van der Waals surface area contributed by atoms with Gasteiger partial charge in [0.05, 0.1) is 99.1 Å². The van der Waals surface area contributed by atoms with E-state index in [1.807, 2.05) is 0 Å². The fraction of sp³-hybridized carbons (Fsp3) is 1.00. The fourth-order valence-corrected chi connectivity index (χ4v) is 2.38. The monoisotopic (exact) mass is 481 g/mol. The van der Waals surface area contributed by atoms with Crippen molar-refractivity contribution in [3.8, 4) is 0 Å². The lowest BCUT2D eigenvalue weighted by Crippen LogP contribution is -2.27. The van der Waals surface area contributed by atoms with E-state index in [0.29, 0.717) is 111 Å². The molecule has 0 spiro atoms. The first-order chi connectivity index (χ1) is 16.1. The Morgan fingerprint density at radius 2 is 0.667 bits per heavy atom. The second kappa shape index (κ2) is 27.9. The van der Waals surface area contributed by atoms with Gasteiger partial charge in [0.2, 0.25) is 0 Å². The van der Waals surface area contributed by atoms with Crippen LogP contribution >= 0.6 is 0 Å². The molecule has 0 aliphatic rings. The van der Waals surface area contributed by atoms with Crippen molar-refractivity contribution >= 4 is 0 Å². The average molecular weight is 482 g/mol. The summed E-state index contributed by atoms with van der Waals surface area (Å²) in [6.45, 7) is 19.0. The minimum Gasteiger partial charge on any atom is -0.379 e. The lowest BCUT2D eigenvalue weighted by molar-refractivity contribution is -0.0232. The van der Waals surface area contributed by atoms with Crippen LogP contribution in [0.4, 0.5) is 0 Å². The second-order valence-corrected chi connectivity index (χ2v) is 8.19. The van der Waals surface area contributed by atoms with E-state index in [9.17, 15) is 0 Å². The molecule has 0 radical (unpaired) electrons. The van der Waals surface area contributed by atoms with Gasteiger partial charge in [-0.3, -0.25) is 0 Å². The topological polar surface area (TPSA) is 85.9 Å². The highest BCUT2D eigenvalue weighted by molar-refractivity contribution is 4.50. The maximum absolute atomic E-state index is 5.48. The zero-order valence-corrected chi connectivity index (χ0v) is 21.6. The van der Waals surface area contributed by atoms with Crippen LogP contribution in [-0.2, 0) is 37.9 Å². The van der Waals surface area contributed by atoms with Gasteiger partial charge in [-0.05, 0) is 12.3 Å². The van der Waals surface area contributed by atoms with E-state index in [1.54, 1.807) is 0 Å². The molecule has 0 saturated carbocycles. The lowest BCUT2D eigenvalue weighted by atomic mass is 10.1. The number of hydrogen-bond acceptors (Lipinski definition) is 9. The zero-order valence-electron chi connectivity index (χ0n) is 21.6. The van der Waals surface area contributed by atoms with Crippen molar-refractivity contribution in [2.24, 2.45) is 5.92 Å². The predicted octanol–water partition coefficient (Wildman–Crippen LogP) is 2.16. The summed E-state index contributed by atoms with van der Waals surface area (Å²) < 4.78 is 43.6. The van der Waals surface area contributed by atoms with Crippen molar-refractivity contribution in [3.05, 3.63) is 0 Å². The second-order valence-electron chi connectivity index (χ2n) is 8.19. The quantitative estimate of drug-likeness (QED) is 0.169. The molecule has 0 bridgehead atoms. The van der Waals surface area contributed by atoms with Crippen molar-refractivity contribution in [1.29, 1.82) is 0 Å². The lowest BCUT2D eigenvalue weighted by Gasteiger charge is -2.09. The smallest absolute Gasteiger partial charge is 0.0701 e. The van der Waals surface area contributed by atoms with Gasteiger partial charge >= 0.3 is 0 Å². The van der Waals surface area contributed by atoms with Crippen molar-refractivity contribution in [2.75, 3.05) is 112 Å². The molecule has 9 nitrogen and oxygen atoms in total. The molecule has 1 N–H and O–H groups in total. The normalized spacial score (nSPS) is 11.8. The summed E-state index contributed by atoms with van der Waals surface area (Å²) in [5.74, 6) is 0.677. The van der Waals surface area contributed by atoms with Gasteiger partial charge in [-0.15, -0.1) is 0 Å². The molecule has 0 aliphatic carbocycles. The van der Waals surface area contributed by atoms with Crippen LogP contribution in [0.15, 0.2) is 0 Å². The maximum atomic E-state index is 5.48. The van der Waals surface area contributed by atoms with E-state index < -0.39 is 0 Å². The Kier molecular flexibility index (Phi) is 27.6. The minimum absolute atomic E-state index is 0.490. The van der Waals surface area contributed by atoms with Gasteiger partial charge in [0.25, 0.3) is 0 Å². The summed E-state index contributed by atoms with van der Waals surface area (Å²) >= 11 is 0. The molecule has 0 aliphatic heterocycles. The average Bonchev–Trinajstić information content (AvgIpc) is 2.78. The molecule has 9 heteroatoms. The molecule has 0 fully saturated rings. The molecular weight excluding hydrogens is 430 g/mol. The van der Waals surface area contributed by atoms with Gasteiger partial charge in [-0.2, -0.15) is 0 Å². The first-order valence-corrected chi connectivity index (χ1v) is 12.5. The Morgan fingerprint density at radius 3 is 0.939 bits per heavy atom. The Labute approximate surface area is 202 Å². The summed E-state index contributed by atoms with van der Waals surface area (Å²) in [5, 5.41) is 3.30. The van der Waals surface area contributed by atoms with E-state index in [0.717, 1.165) is 19.6 Å². The number of hydrogen-bond donors (Lipinski definition) is 1. The molecule has 33 heavy (non-hydrogen) atoms. The highest BCUT2D eigenvalue weighted by Gasteiger charge is 1.96. The number of rotatable bonds is 28. The van der Waals surface area contributed by atoms with Gasteiger partial charge in [-0.25, -0.2) is 0 Å². The number of ether oxygens (including phenoxy) is 8. The highest BCUT2D eigenvalue weighted by Crippen LogP contribution is 1.98. The summed E-state index contributed by atoms with van der Waals surface area (Å²) in [6.07, 6.45) is 1.09. The molecule has 0 unspecified atom stereocenters. The molecule has 0 heterocycles. The van der Waals surface area contributed by atoms with E-state index in [4.69, 9.17) is 37.9 Å². The van der Waals surface area contributed by atoms with Crippen molar-refractivity contribution in [1.82, 2.24) is 5.32 Å². The Morgan fingerprint density at radius 1 is 0.394 bits per heavy atom. The molecule has 0 aromatic carbocycles. The van der Waals surface area contributed by atoms with Crippen LogP contribution in [0.3, 0.4) is 0 Å². The first kappa shape index (κ1) is 32.6. The van der Waals surface area contributed by atoms with Crippen molar-refractivity contribution < 1.29 is 37.9 Å². The Balaban J connectivity index is 3.01. The molecule has 0 amide bonds. The molecule has 0 rings (SSSR count). The first-order valence-electron chi connectivity index (χ1n) is 12.5. The van der Waals surface area contributed by atoms with Gasteiger partial charge < -0.3 is 43.2 Å². The highest BCUT2D eigenvalue weighted by atomic mass is 16.6. The van der Waals surface area contributed by atoms with Crippen LogP contribution in [0.2, 0.25) is 0 Å². The molecule has 0 aromatic rings. The van der Waals surface area contributed by atoms with Gasteiger partial charge in [-0.1, -0.05) is 27.7 Å². The molecule has 0 saturated heterocycles. The van der Waals surface area contributed by atoms with Gasteiger partial charge in [0, 0.05) is 19.2 Å². The summed E-state index contributed by atoms with van der Waals surface area (Å²) in [7, 11) is 0. The summed E-state index contributed by atoms with van der Waals surface area (Å²) in [6, 6.07) is 0.490. The van der Waals surface area contributed by atoms with E-state index in [-0.39, 0.29) is 0 Å². The van der Waals surface area contributed by atoms with Crippen LogP contribution in [0.25, 0.3) is 0 Å². The van der Waals surface area contributed by atoms with Crippen molar-refractivity contribution in [2.45, 2.75) is 40.2 Å². The number of nitrogens with one attached hydrogen (secondary N) is 1. The largest absolute Gasteiger partial charge is 0.379 e. The van der Waals surface area contributed by atoms with E-state index in [1.165, 1.54) is 0 Å². The maximum Gasteiger partial charge on any atom is 0.0701 e. The zero-order chi connectivity index (χ0) is 24.2. The third-order valence-corrected chi connectivity index (χ3v) is 4.24. The van der Waals surface area contributed by atoms with Crippen LogP contribution in [0.1, 0.15) is 34.1 Å². The van der Waals surface area contributed by atoms with E-state index >= 15 is 0 Å². The fourth-order valence-electron chi connectivity index (χ4n) is 2.38. The molecule has 0 aromatic heterocycles.